The van der Waals surface area contributed by atoms with Gasteiger partial charge in [0.25, 0.3) is 0 Å². The van der Waals surface area contributed by atoms with E-state index < -0.39 is 0 Å². The van der Waals surface area contributed by atoms with Gasteiger partial charge < -0.3 is 22.1 Å². The molecule has 0 aromatic heterocycles. The Hall–Kier alpha value is -0.280. The van der Waals surface area contributed by atoms with Crippen LogP contribution in [0, 0.1) is 0 Å². The number of hydrogen-bond donors (Lipinski definition) is 5. The fourth-order valence-electron chi connectivity index (χ4n) is 1.73. The van der Waals surface area contributed by atoms with Crippen molar-refractivity contribution in [3.63, 3.8) is 0 Å². The second-order valence-corrected chi connectivity index (χ2v) is 4.57. The summed E-state index contributed by atoms with van der Waals surface area (Å²) in [6.45, 7) is 7.51. The van der Waals surface area contributed by atoms with Gasteiger partial charge in [0, 0.05) is 38.8 Å². The van der Waals surface area contributed by atoms with E-state index in [0.717, 1.165) is 52.1 Å². The molecule has 2 rings (SSSR count). The smallest absolute Gasteiger partial charge is 0.0710 e. The SMILES string of the molecule is NC1CCNC1.NCCCONN1CCNCC1. The maximum absolute atomic E-state index is 5.47. The average molecular weight is 260 g/mol. The zero-order valence-electron chi connectivity index (χ0n) is 11.2. The quantitative estimate of drug-likeness (QED) is 0.287. The number of nitrogens with two attached hydrogens (primary N) is 2. The first-order chi connectivity index (χ1) is 8.83. The summed E-state index contributed by atoms with van der Waals surface area (Å²) < 4.78 is 0. The lowest BCUT2D eigenvalue weighted by molar-refractivity contribution is -0.0877. The summed E-state index contributed by atoms with van der Waals surface area (Å²) in [5, 5.41) is 8.47. The predicted molar refractivity (Wildman–Crippen MR) is 72.7 cm³/mol. The van der Waals surface area contributed by atoms with Crippen LogP contribution in [0.3, 0.4) is 0 Å². The normalized spacial score (nSPS) is 24.7. The van der Waals surface area contributed by atoms with Gasteiger partial charge in [0.1, 0.15) is 0 Å². The van der Waals surface area contributed by atoms with Crippen LogP contribution in [0.25, 0.3) is 0 Å². The van der Waals surface area contributed by atoms with Crippen LogP contribution < -0.4 is 27.7 Å². The summed E-state index contributed by atoms with van der Waals surface area (Å²) >= 11 is 0. The molecule has 0 bridgehead atoms. The Morgan fingerprint density at radius 1 is 1.22 bits per heavy atom. The molecule has 2 saturated heterocycles. The topological polar surface area (TPSA) is 101 Å². The monoisotopic (exact) mass is 260 g/mol. The predicted octanol–water partition coefficient (Wildman–Crippen LogP) is -2.02. The molecule has 0 spiro atoms. The first-order valence-corrected chi connectivity index (χ1v) is 6.82. The Balaban J connectivity index is 0.000000225. The van der Waals surface area contributed by atoms with Crippen molar-refractivity contribution in [3.05, 3.63) is 0 Å². The van der Waals surface area contributed by atoms with Crippen LogP contribution in [0.5, 0.6) is 0 Å². The van der Waals surface area contributed by atoms with E-state index in [1.165, 1.54) is 0 Å². The molecule has 0 aromatic carbocycles. The lowest BCUT2D eigenvalue weighted by Gasteiger charge is -2.26. The molecule has 0 aliphatic carbocycles. The number of nitrogens with zero attached hydrogens (tertiary/aromatic N) is 1. The molecule has 18 heavy (non-hydrogen) atoms. The lowest BCUT2D eigenvalue weighted by Crippen LogP contribution is -2.50. The molecule has 1 unspecified atom stereocenters. The average Bonchev–Trinajstić information content (AvgIpc) is 2.88. The van der Waals surface area contributed by atoms with Gasteiger partial charge in [0.05, 0.1) is 6.61 Å². The second-order valence-electron chi connectivity index (χ2n) is 4.57. The molecular weight excluding hydrogens is 232 g/mol. The zero-order valence-corrected chi connectivity index (χ0v) is 11.2. The van der Waals surface area contributed by atoms with Crippen molar-refractivity contribution >= 4 is 0 Å². The number of hydrazine groups is 1. The third kappa shape index (κ3) is 7.93. The van der Waals surface area contributed by atoms with Gasteiger partial charge in [-0.15, -0.1) is 5.59 Å². The van der Waals surface area contributed by atoms with Gasteiger partial charge in [-0.1, -0.05) is 0 Å². The third-order valence-electron chi connectivity index (χ3n) is 2.86. The number of piperazine rings is 1. The van der Waals surface area contributed by atoms with Gasteiger partial charge in [-0.05, 0) is 25.9 Å². The fourth-order valence-corrected chi connectivity index (χ4v) is 1.73. The maximum Gasteiger partial charge on any atom is 0.0710 e. The highest BCUT2D eigenvalue weighted by Gasteiger charge is 2.07. The number of hydrogen-bond acceptors (Lipinski definition) is 7. The van der Waals surface area contributed by atoms with Crippen LogP contribution in [0.1, 0.15) is 12.8 Å². The van der Waals surface area contributed by atoms with Crippen LogP contribution in [0.2, 0.25) is 0 Å². The summed E-state index contributed by atoms with van der Waals surface area (Å²) in [5.41, 5.74) is 13.7. The molecule has 7 N–H and O–H groups in total. The summed E-state index contributed by atoms with van der Waals surface area (Å²) in [5.74, 6) is 0. The molecule has 2 fully saturated rings. The summed E-state index contributed by atoms with van der Waals surface area (Å²) in [7, 11) is 0. The van der Waals surface area contributed by atoms with E-state index in [-0.39, 0.29) is 0 Å². The van der Waals surface area contributed by atoms with Crippen molar-refractivity contribution in [3.8, 4) is 0 Å². The van der Waals surface area contributed by atoms with E-state index in [4.69, 9.17) is 16.3 Å². The summed E-state index contributed by atoms with van der Waals surface area (Å²) in [4.78, 5) is 5.18. The number of nitrogens with one attached hydrogen (secondary N) is 3. The molecule has 2 aliphatic rings. The lowest BCUT2D eigenvalue weighted by atomic mass is 10.3. The van der Waals surface area contributed by atoms with Crippen molar-refractivity contribution in [2.75, 3.05) is 52.4 Å². The van der Waals surface area contributed by atoms with Gasteiger partial charge in [-0.3, -0.25) is 4.84 Å². The van der Waals surface area contributed by atoms with E-state index in [0.29, 0.717) is 19.2 Å². The molecule has 108 valence electrons. The van der Waals surface area contributed by atoms with Crippen LogP contribution in [-0.4, -0.2) is 63.5 Å². The standard InChI is InChI=1S/C7H18N4O.C4H10N2/c8-2-1-7-12-10-11-5-3-9-4-6-11;5-4-1-2-6-3-4/h9-10H,1-8H2;4,6H,1-3,5H2. The minimum absolute atomic E-state index is 0.435. The van der Waals surface area contributed by atoms with E-state index in [2.05, 4.69) is 21.2 Å². The Labute approximate surface area is 110 Å². The zero-order chi connectivity index (χ0) is 13.1. The van der Waals surface area contributed by atoms with E-state index in [1.54, 1.807) is 0 Å². The Morgan fingerprint density at radius 2 is 2.00 bits per heavy atom. The Morgan fingerprint density at radius 3 is 2.50 bits per heavy atom. The van der Waals surface area contributed by atoms with Crippen molar-refractivity contribution in [1.29, 1.82) is 0 Å². The summed E-state index contributed by atoms with van der Waals surface area (Å²) in [6.07, 6.45) is 2.05. The Bertz CT molecular complexity index is 182. The van der Waals surface area contributed by atoms with E-state index in [1.807, 2.05) is 0 Å². The van der Waals surface area contributed by atoms with Crippen LogP contribution in [0.15, 0.2) is 0 Å². The molecule has 7 heteroatoms. The minimum Gasteiger partial charge on any atom is -0.330 e. The van der Waals surface area contributed by atoms with Crippen molar-refractivity contribution in [2.45, 2.75) is 18.9 Å². The van der Waals surface area contributed by atoms with E-state index in [9.17, 15) is 0 Å². The minimum atomic E-state index is 0.435. The van der Waals surface area contributed by atoms with Gasteiger partial charge in [-0.2, -0.15) is 0 Å². The molecule has 0 amide bonds. The third-order valence-corrected chi connectivity index (χ3v) is 2.86. The van der Waals surface area contributed by atoms with Gasteiger partial charge in [-0.25, -0.2) is 5.01 Å². The highest BCUT2D eigenvalue weighted by atomic mass is 16.7. The van der Waals surface area contributed by atoms with Gasteiger partial charge in [0.15, 0.2) is 0 Å². The molecular formula is C11H28N6O. The molecule has 1 atom stereocenters. The fraction of sp³-hybridized carbons (Fsp3) is 1.00. The number of rotatable bonds is 5. The maximum atomic E-state index is 5.47. The molecule has 0 saturated carbocycles. The van der Waals surface area contributed by atoms with E-state index >= 15 is 0 Å². The molecule has 0 radical (unpaired) electrons. The first kappa shape index (κ1) is 15.8. The van der Waals surface area contributed by atoms with Crippen LogP contribution in [0.4, 0.5) is 0 Å². The highest BCUT2D eigenvalue weighted by Crippen LogP contribution is 1.90. The van der Waals surface area contributed by atoms with Crippen LogP contribution >= 0.6 is 0 Å². The second kappa shape index (κ2) is 10.6. The van der Waals surface area contributed by atoms with Crippen molar-refractivity contribution < 1.29 is 4.84 Å². The molecule has 2 aliphatic heterocycles. The van der Waals surface area contributed by atoms with Gasteiger partial charge >= 0.3 is 0 Å². The highest BCUT2D eigenvalue weighted by molar-refractivity contribution is 4.72. The van der Waals surface area contributed by atoms with Crippen molar-refractivity contribution in [1.82, 2.24) is 21.2 Å². The van der Waals surface area contributed by atoms with Crippen molar-refractivity contribution in [2.24, 2.45) is 11.5 Å². The molecule has 2 heterocycles. The molecule has 7 nitrogen and oxygen atoms in total. The van der Waals surface area contributed by atoms with Gasteiger partial charge in [0.2, 0.25) is 0 Å². The summed E-state index contributed by atoms with van der Waals surface area (Å²) in [6, 6.07) is 0.435. The molecule has 0 aromatic rings. The first-order valence-electron chi connectivity index (χ1n) is 6.82. The van der Waals surface area contributed by atoms with Crippen LogP contribution in [-0.2, 0) is 4.84 Å². The Kier molecular flexibility index (Phi) is 9.31. The largest absolute Gasteiger partial charge is 0.330 e.